The minimum absolute atomic E-state index is 0.791. The molecule has 4 N–H and O–H groups in total. The monoisotopic (exact) mass is 216 g/mol. The van der Waals surface area contributed by atoms with Crippen LogP contribution in [0.3, 0.4) is 0 Å². The lowest BCUT2D eigenvalue weighted by Crippen LogP contribution is -2.07. The van der Waals surface area contributed by atoms with Crippen molar-refractivity contribution in [1.29, 1.82) is 0 Å². The Morgan fingerprint density at radius 3 is 3.00 bits per heavy atom. The largest absolute Gasteiger partial charge is 0.397 e. The third-order valence-electron chi connectivity index (χ3n) is 2.44. The Bertz CT molecular complexity index is 448. The summed E-state index contributed by atoms with van der Waals surface area (Å²) in [5.74, 6) is 0.984. The number of H-pyrrole nitrogens is 1. The molecule has 0 spiro atoms. The predicted molar refractivity (Wildman–Crippen MR) is 66.4 cm³/mol. The number of hydrogen-bond acceptors (Lipinski definition) is 3. The maximum absolute atomic E-state index is 5.89. The van der Waals surface area contributed by atoms with Crippen LogP contribution < -0.4 is 11.1 Å². The molecule has 4 nitrogen and oxygen atoms in total. The third kappa shape index (κ3) is 2.53. The molecule has 4 heteroatoms. The van der Waals surface area contributed by atoms with Gasteiger partial charge in [-0.15, -0.1) is 0 Å². The number of nitrogen functional groups attached to an aromatic ring is 1. The van der Waals surface area contributed by atoms with Gasteiger partial charge in [0.2, 0.25) is 0 Å². The molecule has 2 aromatic rings. The topological polar surface area (TPSA) is 66.7 Å². The molecule has 0 atom stereocenters. The summed E-state index contributed by atoms with van der Waals surface area (Å²) in [6.45, 7) is 2.85. The van der Waals surface area contributed by atoms with E-state index in [1.165, 1.54) is 5.56 Å². The van der Waals surface area contributed by atoms with Crippen molar-refractivity contribution in [2.75, 3.05) is 17.6 Å². The molecule has 16 heavy (non-hydrogen) atoms. The first-order valence-electron chi connectivity index (χ1n) is 5.34. The van der Waals surface area contributed by atoms with Crippen molar-refractivity contribution in [3.05, 3.63) is 42.0 Å². The fraction of sp³-hybridized carbons (Fsp3) is 0.250. The fourth-order valence-electron chi connectivity index (χ4n) is 1.59. The first-order valence-corrected chi connectivity index (χ1v) is 5.34. The van der Waals surface area contributed by atoms with Gasteiger partial charge >= 0.3 is 0 Å². The van der Waals surface area contributed by atoms with E-state index in [4.69, 9.17) is 5.73 Å². The smallest absolute Gasteiger partial charge is 0.107 e. The van der Waals surface area contributed by atoms with Crippen molar-refractivity contribution in [3.8, 4) is 0 Å². The maximum atomic E-state index is 5.89. The third-order valence-corrected chi connectivity index (χ3v) is 2.44. The number of nitrogens with zero attached hydrogens (tertiary/aromatic N) is 1. The summed E-state index contributed by atoms with van der Waals surface area (Å²) in [5.41, 5.74) is 8.84. The highest BCUT2D eigenvalue weighted by atomic mass is 14.9. The standard InChI is InChI=1S/C12H16N4/c1-9-2-3-11(10(13)8-9)14-5-4-12-15-6-7-16-12/h2-3,6-8,14H,4-5,13H2,1H3,(H,15,16). The second-order valence-corrected chi connectivity index (χ2v) is 3.80. The minimum atomic E-state index is 0.791. The van der Waals surface area contributed by atoms with Crippen molar-refractivity contribution >= 4 is 11.4 Å². The molecule has 0 saturated carbocycles. The van der Waals surface area contributed by atoms with Gasteiger partial charge in [-0.2, -0.15) is 0 Å². The number of benzene rings is 1. The van der Waals surface area contributed by atoms with Crippen molar-refractivity contribution in [2.24, 2.45) is 0 Å². The Balaban J connectivity index is 1.90. The Morgan fingerprint density at radius 1 is 1.44 bits per heavy atom. The summed E-state index contributed by atoms with van der Waals surface area (Å²) in [6, 6.07) is 6.02. The quantitative estimate of drug-likeness (QED) is 0.684. The Kier molecular flexibility index (Phi) is 3.10. The number of aryl methyl sites for hydroxylation is 1. The van der Waals surface area contributed by atoms with Crippen molar-refractivity contribution < 1.29 is 0 Å². The Morgan fingerprint density at radius 2 is 2.31 bits per heavy atom. The van der Waals surface area contributed by atoms with E-state index < -0.39 is 0 Å². The molecular formula is C12H16N4. The van der Waals surface area contributed by atoms with Crippen LogP contribution in [-0.4, -0.2) is 16.5 Å². The molecule has 0 aliphatic rings. The lowest BCUT2D eigenvalue weighted by molar-refractivity contribution is 0.928. The number of aromatic amines is 1. The molecule has 84 valence electrons. The van der Waals surface area contributed by atoms with E-state index in [2.05, 4.69) is 15.3 Å². The van der Waals surface area contributed by atoms with Crippen LogP contribution in [0.2, 0.25) is 0 Å². The van der Waals surface area contributed by atoms with E-state index in [-0.39, 0.29) is 0 Å². The molecule has 1 aromatic carbocycles. The second kappa shape index (κ2) is 4.70. The molecule has 0 amide bonds. The number of rotatable bonds is 4. The average molecular weight is 216 g/mol. The highest BCUT2D eigenvalue weighted by Gasteiger charge is 1.99. The van der Waals surface area contributed by atoms with Gasteiger partial charge in [0.15, 0.2) is 0 Å². The molecule has 0 aliphatic carbocycles. The van der Waals surface area contributed by atoms with Crippen molar-refractivity contribution in [2.45, 2.75) is 13.3 Å². The van der Waals surface area contributed by atoms with Crippen molar-refractivity contribution in [1.82, 2.24) is 9.97 Å². The summed E-state index contributed by atoms with van der Waals surface area (Å²) in [4.78, 5) is 7.22. The van der Waals surface area contributed by atoms with Gasteiger partial charge in [0.25, 0.3) is 0 Å². The summed E-state index contributed by atoms with van der Waals surface area (Å²) >= 11 is 0. The Hall–Kier alpha value is -1.97. The van der Waals surface area contributed by atoms with Crippen LogP contribution in [0.5, 0.6) is 0 Å². The lowest BCUT2D eigenvalue weighted by Gasteiger charge is -2.08. The van der Waals surface area contributed by atoms with E-state index in [9.17, 15) is 0 Å². The van der Waals surface area contributed by atoms with Crippen molar-refractivity contribution in [3.63, 3.8) is 0 Å². The molecule has 2 rings (SSSR count). The van der Waals surface area contributed by atoms with Crippen LogP contribution in [0.4, 0.5) is 11.4 Å². The first-order chi connectivity index (χ1) is 7.75. The summed E-state index contributed by atoms with van der Waals surface area (Å²) < 4.78 is 0. The van der Waals surface area contributed by atoms with Crippen LogP contribution >= 0.6 is 0 Å². The van der Waals surface area contributed by atoms with Gasteiger partial charge in [-0.25, -0.2) is 4.98 Å². The minimum Gasteiger partial charge on any atom is -0.397 e. The molecule has 0 saturated heterocycles. The zero-order valence-corrected chi connectivity index (χ0v) is 9.33. The van der Waals surface area contributed by atoms with Gasteiger partial charge in [0.05, 0.1) is 11.4 Å². The van der Waals surface area contributed by atoms with Gasteiger partial charge in [-0.3, -0.25) is 0 Å². The summed E-state index contributed by atoms with van der Waals surface area (Å²) in [7, 11) is 0. The normalized spacial score (nSPS) is 10.3. The van der Waals surface area contributed by atoms with E-state index in [0.29, 0.717) is 0 Å². The highest BCUT2D eigenvalue weighted by Crippen LogP contribution is 2.18. The molecule has 0 radical (unpaired) electrons. The Labute approximate surface area is 94.9 Å². The summed E-state index contributed by atoms with van der Waals surface area (Å²) in [5, 5.41) is 3.29. The first kappa shape index (κ1) is 10.5. The zero-order chi connectivity index (χ0) is 11.4. The number of nitrogens with one attached hydrogen (secondary N) is 2. The van der Waals surface area contributed by atoms with Crippen LogP contribution in [0.1, 0.15) is 11.4 Å². The summed E-state index contributed by atoms with van der Waals surface area (Å²) in [6.07, 6.45) is 4.45. The van der Waals surface area contributed by atoms with E-state index in [1.807, 2.05) is 31.3 Å². The average Bonchev–Trinajstić information content (AvgIpc) is 2.74. The maximum Gasteiger partial charge on any atom is 0.107 e. The van der Waals surface area contributed by atoms with E-state index in [0.717, 1.165) is 30.2 Å². The van der Waals surface area contributed by atoms with Gasteiger partial charge in [-0.1, -0.05) is 6.07 Å². The molecular weight excluding hydrogens is 200 g/mol. The predicted octanol–water partition coefficient (Wildman–Crippen LogP) is 1.95. The van der Waals surface area contributed by atoms with E-state index in [1.54, 1.807) is 6.20 Å². The molecule has 1 aromatic heterocycles. The number of aromatic nitrogens is 2. The highest BCUT2D eigenvalue weighted by molar-refractivity contribution is 5.66. The molecule has 0 aliphatic heterocycles. The second-order valence-electron chi connectivity index (χ2n) is 3.80. The van der Waals surface area contributed by atoms with Gasteiger partial charge < -0.3 is 16.0 Å². The SMILES string of the molecule is Cc1ccc(NCCc2ncc[nH]2)c(N)c1. The van der Waals surface area contributed by atoms with E-state index >= 15 is 0 Å². The van der Waals surface area contributed by atoms with Crippen LogP contribution in [0.25, 0.3) is 0 Å². The number of imidazole rings is 1. The van der Waals surface area contributed by atoms with Gasteiger partial charge in [0, 0.05) is 25.4 Å². The zero-order valence-electron chi connectivity index (χ0n) is 9.33. The number of hydrogen-bond donors (Lipinski definition) is 3. The molecule has 0 fully saturated rings. The van der Waals surface area contributed by atoms with Crippen LogP contribution in [0, 0.1) is 6.92 Å². The number of anilines is 2. The van der Waals surface area contributed by atoms with Gasteiger partial charge in [0.1, 0.15) is 5.82 Å². The molecule has 1 heterocycles. The van der Waals surface area contributed by atoms with Crippen LogP contribution in [-0.2, 0) is 6.42 Å². The molecule has 0 bridgehead atoms. The van der Waals surface area contributed by atoms with Crippen LogP contribution in [0.15, 0.2) is 30.6 Å². The molecule has 0 unspecified atom stereocenters. The fourth-order valence-corrected chi connectivity index (χ4v) is 1.59. The lowest BCUT2D eigenvalue weighted by atomic mass is 10.2. The van der Waals surface area contributed by atoms with Gasteiger partial charge in [-0.05, 0) is 24.6 Å². The number of nitrogens with two attached hydrogens (primary N) is 1.